The van der Waals surface area contributed by atoms with E-state index in [9.17, 15) is 4.79 Å². The van der Waals surface area contributed by atoms with Crippen molar-refractivity contribution in [3.05, 3.63) is 94.9 Å². The van der Waals surface area contributed by atoms with Crippen LogP contribution in [-0.4, -0.2) is 28.4 Å². The Morgan fingerprint density at radius 1 is 0.917 bits per heavy atom. The molecule has 1 aliphatic rings. The SMILES string of the molecule is CC(C)N1CCc2c(sc(NC(=O)c3ccc(-c4ccccc4)cc3)c2-c2nc3ccccc3s2)C1. The molecule has 0 aliphatic carbocycles. The van der Waals surface area contributed by atoms with Crippen molar-refractivity contribution < 1.29 is 4.79 Å². The van der Waals surface area contributed by atoms with Gasteiger partial charge in [0.15, 0.2) is 0 Å². The number of nitrogens with one attached hydrogen (secondary N) is 1. The van der Waals surface area contributed by atoms with Crippen molar-refractivity contribution in [2.75, 3.05) is 11.9 Å². The lowest BCUT2D eigenvalue weighted by atomic mass is 10.0. The third-order valence-electron chi connectivity index (χ3n) is 6.81. The Balaban J connectivity index is 1.35. The molecule has 5 aromatic rings. The first-order valence-electron chi connectivity index (χ1n) is 12.3. The largest absolute Gasteiger partial charge is 0.313 e. The number of thiazole rings is 1. The topological polar surface area (TPSA) is 45.2 Å². The zero-order valence-electron chi connectivity index (χ0n) is 20.3. The molecule has 4 nitrogen and oxygen atoms in total. The standard InChI is InChI=1S/C30H27N3OS2/c1-19(2)33-17-16-23-26(18-33)36-30(27(23)29-31-24-10-6-7-11-25(24)35-29)32-28(34)22-14-12-21(13-15-22)20-8-4-3-5-9-20/h3-15,19H,16-18H2,1-2H3,(H,32,34). The fourth-order valence-corrected chi connectivity index (χ4v) is 7.16. The lowest BCUT2D eigenvalue weighted by Crippen LogP contribution is -2.35. The number of nitrogens with zero attached hydrogens (tertiary/aromatic N) is 2. The molecule has 0 atom stereocenters. The number of carbonyl (C=O) groups is 1. The normalized spacial score (nSPS) is 13.8. The molecule has 6 heteroatoms. The summed E-state index contributed by atoms with van der Waals surface area (Å²) in [5, 5.41) is 5.15. The van der Waals surface area contributed by atoms with Crippen LogP contribution in [-0.2, 0) is 13.0 Å². The van der Waals surface area contributed by atoms with E-state index in [1.54, 1.807) is 22.7 Å². The average molecular weight is 510 g/mol. The molecule has 6 rings (SSSR count). The van der Waals surface area contributed by atoms with Gasteiger partial charge in [0.1, 0.15) is 10.0 Å². The van der Waals surface area contributed by atoms with Crippen LogP contribution in [0.25, 0.3) is 31.9 Å². The Labute approximate surface area is 219 Å². The summed E-state index contributed by atoms with van der Waals surface area (Å²) in [5.74, 6) is -0.0868. The minimum Gasteiger partial charge on any atom is -0.313 e. The van der Waals surface area contributed by atoms with Gasteiger partial charge in [0.05, 0.1) is 10.2 Å². The minimum atomic E-state index is -0.0868. The van der Waals surface area contributed by atoms with Crippen LogP contribution >= 0.6 is 22.7 Å². The van der Waals surface area contributed by atoms with Gasteiger partial charge in [-0.2, -0.15) is 0 Å². The molecule has 3 aromatic carbocycles. The van der Waals surface area contributed by atoms with Gasteiger partial charge in [0.2, 0.25) is 0 Å². The quantitative estimate of drug-likeness (QED) is 0.264. The second kappa shape index (κ2) is 9.62. The fraction of sp³-hybridized carbons (Fsp3) is 0.200. The molecular weight excluding hydrogens is 482 g/mol. The van der Waals surface area contributed by atoms with E-state index in [-0.39, 0.29) is 5.91 Å². The minimum absolute atomic E-state index is 0.0868. The third-order valence-corrected chi connectivity index (χ3v) is 8.99. The van der Waals surface area contributed by atoms with Crippen LogP contribution in [0, 0.1) is 0 Å². The van der Waals surface area contributed by atoms with Crippen molar-refractivity contribution in [2.45, 2.75) is 32.9 Å². The van der Waals surface area contributed by atoms with Gasteiger partial charge in [0.25, 0.3) is 5.91 Å². The summed E-state index contributed by atoms with van der Waals surface area (Å²) in [7, 11) is 0. The Morgan fingerprint density at radius 2 is 1.64 bits per heavy atom. The molecule has 0 spiro atoms. The lowest BCUT2D eigenvalue weighted by molar-refractivity contribution is 0.102. The predicted molar refractivity (Wildman–Crippen MR) is 152 cm³/mol. The first kappa shape index (κ1) is 23.1. The van der Waals surface area contributed by atoms with Crippen molar-refractivity contribution >= 4 is 43.8 Å². The molecule has 0 radical (unpaired) electrons. The molecule has 180 valence electrons. The smallest absolute Gasteiger partial charge is 0.256 e. The van der Waals surface area contributed by atoms with Crippen molar-refractivity contribution in [3.8, 4) is 21.7 Å². The number of carbonyl (C=O) groups excluding carboxylic acids is 1. The Hall–Kier alpha value is -3.32. The van der Waals surface area contributed by atoms with Gasteiger partial charge in [-0.3, -0.25) is 9.69 Å². The van der Waals surface area contributed by atoms with Crippen LogP contribution in [0.1, 0.15) is 34.6 Å². The number of rotatable bonds is 5. The molecule has 2 aromatic heterocycles. The van der Waals surface area contributed by atoms with Gasteiger partial charge in [0, 0.05) is 35.1 Å². The average Bonchev–Trinajstić information content (AvgIpc) is 3.49. The highest BCUT2D eigenvalue weighted by Gasteiger charge is 2.28. The summed E-state index contributed by atoms with van der Waals surface area (Å²) in [5.41, 5.74) is 6.34. The second-order valence-corrected chi connectivity index (χ2v) is 11.5. The highest BCUT2D eigenvalue weighted by molar-refractivity contribution is 7.23. The molecule has 1 N–H and O–H groups in total. The van der Waals surface area contributed by atoms with Crippen LogP contribution in [0.4, 0.5) is 5.00 Å². The van der Waals surface area contributed by atoms with E-state index in [2.05, 4.69) is 54.4 Å². The summed E-state index contributed by atoms with van der Waals surface area (Å²) in [6.07, 6.45) is 0.969. The zero-order valence-corrected chi connectivity index (χ0v) is 22.0. The molecule has 0 fully saturated rings. The maximum absolute atomic E-state index is 13.4. The third kappa shape index (κ3) is 4.37. The molecule has 36 heavy (non-hydrogen) atoms. The van der Waals surface area contributed by atoms with Crippen LogP contribution < -0.4 is 5.32 Å². The predicted octanol–water partition coefficient (Wildman–Crippen LogP) is 7.71. The molecule has 0 unspecified atom stereocenters. The summed E-state index contributed by atoms with van der Waals surface area (Å²) in [6, 6.07) is 26.8. The van der Waals surface area contributed by atoms with E-state index in [0.29, 0.717) is 11.6 Å². The molecule has 1 aliphatic heterocycles. The maximum Gasteiger partial charge on any atom is 0.256 e. The first-order valence-corrected chi connectivity index (χ1v) is 13.9. The van der Waals surface area contributed by atoms with Crippen molar-refractivity contribution in [2.24, 2.45) is 0 Å². The van der Waals surface area contributed by atoms with Crippen LogP contribution in [0.15, 0.2) is 78.9 Å². The van der Waals surface area contributed by atoms with Gasteiger partial charge in [-0.1, -0.05) is 54.6 Å². The van der Waals surface area contributed by atoms with E-state index < -0.39 is 0 Å². The monoisotopic (exact) mass is 509 g/mol. The van der Waals surface area contributed by atoms with Crippen LogP contribution in [0.2, 0.25) is 0 Å². The number of fused-ring (bicyclic) bond motifs is 2. The molecule has 1 amide bonds. The number of thiophene rings is 1. The highest BCUT2D eigenvalue weighted by atomic mass is 32.1. The number of benzene rings is 3. The van der Waals surface area contributed by atoms with E-state index in [4.69, 9.17) is 4.98 Å². The Morgan fingerprint density at radius 3 is 2.39 bits per heavy atom. The molecule has 0 saturated heterocycles. The van der Waals surface area contributed by atoms with Gasteiger partial charge >= 0.3 is 0 Å². The maximum atomic E-state index is 13.4. The summed E-state index contributed by atoms with van der Waals surface area (Å²) in [6.45, 7) is 6.43. The van der Waals surface area contributed by atoms with Crippen molar-refractivity contribution in [1.29, 1.82) is 0 Å². The second-order valence-electron chi connectivity index (χ2n) is 9.41. The number of aromatic nitrogens is 1. The van der Waals surface area contributed by atoms with Gasteiger partial charge in [-0.15, -0.1) is 22.7 Å². The van der Waals surface area contributed by atoms with Gasteiger partial charge in [-0.05, 0) is 61.2 Å². The number of para-hydroxylation sites is 1. The Kier molecular flexibility index (Phi) is 6.17. The van der Waals surface area contributed by atoms with Crippen molar-refractivity contribution in [3.63, 3.8) is 0 Å². The van der Waals surface area contributed by atoms with E-state index in [0.717, 1.165) is 51.7 Å². The highest BCUT2D eigenvalue weighted by Crippen LogP contribution is 2.46. The van der Waals surface area contributed by atoms with Gasteiger partial charge < -0.3 is 5.32 Å². The molecule has 0 saturated carbocycles. The summed E-state index contributed by atoms with van der Waals surface area (Å²) in [4.78, 5) is 22.2. The lowest BCUT2D eigenvalue weighted by Gasteiger charge is -2.30. The fourth-order valence-electron chi connectivity index (χ4n) is 4.78. The summed E-state index contributed by atoms with van der Waals surface area (Å²) >= 11 is 3.41. The van der Waals surface area contributed by atoms with Crippen LogP contribution in [0.3, 0.4) is 0 Å². The zero-order chi connectivity index (χ0) is 24.6. The first-order chi connectivity index (χ1) is 17.6. The van der Waals surface area contributed by atoms with Crippen molar-refractivity contribution in [1.82, 2.24) is 9.88 Å². The molecule has 3 heterocycles. The number of anilines is 1. The number of amides is 1. The van der Waals surface area contributed by atoms with E-state index in [1.165, 1.54) is 15.1 Å². The molecule has 0 bridgehead atoms. The van der Waals surface area contributed by atoms with Crippen LogP contribution in [0.5, 0.6) is 0 Å². The molecular formula is C30H27N3OS2. The Bertz CT molecular complexity index is 1500. The van der Waals surface area contributed by atoms with E-state index in [1.807, 2.05) is 48.5 Å². The summed E-state index contributed by atoms with van der Waals surface area (Å²) < 4.78 is 1.17. The van der Waals surface area contributed by atoms with Gasteiger partial charge in [-0.25, -0.2) is 4.98 Å². The van der Waals surface area contributed by atoms with E-state index >= 15 is 0 Å². The number of hydrogen-bond acceptors (Lipinski definition) is 5. The number of hydrogen-bond donors (Lipinski definition) is 1.